The van der Waals surface area contributed by atoms with Crippen LogP contribution in [0.5, 0.6) is 11.5 Å². The van der Waals surface area contributed by atoms with Gasteiger partial charge in [0.05, 0.1) is 5.41 Å². The molecule has 120 valence electrons. The highest BCUT2D eigenvalue weighted by Crippen LogP contribution is 2.35. The minimum Gasteiger partial charge on any atom is -0.486 e. The molecule has 2 aromatic carbocycles. The number of hydrogen-bond donors (Lipinski definition) is 0. The van der Waals surface area contributed by atoms with Crippen molar-refractivity contribution in [3.63, 3.8) is 0 Å². The van der Waals surface area contributed by atoms with Gasteiger partial charge in [-0.3, -0.25) is 4.79 Å². The molecule has 0 atom stereocenters. The average Bonchev–Trinajstić information content (AvgIpc) is 2.60. The van der Waals surface area contributed by atoms with Crippen LogP contribution in [0.15, 0.2) is 48.5 Å². The van der Waals surface area contributed by atoms with Gasteiger partial charge in [0, 0.05) is 0 Å². The molecule has 0 unspecified atom stereocenters. The third-order valence-electron chi connectivity index (χ3n) is 3.99. The second-order valence-corrected chi connectivity index (χ2v) is 6.05. The Bertz CT molecular complexity index is 692. The predicted molar refractivity (Wildman–Crippen MR) is 86.7 cm³/mol. The van der Waals surface area contributed by atoms with E-state index in [1.165, 1.54) is 0 Å². The first-order valence-corrected chi connectivity index (χ1v) is 7.68. The Morgan fingerprint density at radius 1 is 1.04 bits per heavy atom. The predicted octanol–water partition coefficient (Wildman–Crippen LogP) is 3.48. The van der Waals surface area contributed by atoms with Gasteiger partial charge in [0.2, 0.25) is 0 Å². The molecule has 3 rings (SSSR count). The first-order valence-electron chi connectivity index (χ1n) is 7.68. The number of fused-ring (bicyclic) bond motifs is 1. The van der Waals surface area contributed by atoms with Crippen molar-refractivity contribution in [2.45, 2.75) is 25.9 Å². The Hall–Kier alpha value is -2.49. The number of esters is 1. The zero-order valence-electron chi connectivity index (χ0n) is 13.4. The molecule has 0 saturated heterocycles. The number of ether oxygens (including phenoxy) is 3. The minimum absolute atomic E-state index is 0.266. The minimum atomic E-state index is -0.759. The fourth-order valence-corrected chi connectivity index (χ4v) is 2.45. The van der Waals surface area contributed by atoms with Crippen molar-refractivity contribution in [3.8, 4) is 11.5 Å². The maximum Gasteiger partial charge on any atom is 0.316 e. The molecule has 0 fully saturated rings. The second kappa shape index (κ2) is 6.32. The second-order valence-electron chi connectivity index (χ2n) is 6.05. The Morgan fingerprint density at radius 3 is 2.48 bits per heavy atom. The Labute approximate surface area is 136 Å². The molecule has 4 nitrogen and oxygen atoms in total. The number of rotatable bonds is 4. The molecule has 0 aliphatic carbocycles. The van der Waals surface area contributed by atoms with E-state index in [2.05, 4.69) is 0 Å². The van der Waals surface area contributed by atoms with Gasteiger partial charge in [-0.15, -0.1) is 0 Å². The maximum atomic E-state index is 12.5. The first kappa shape index (κ1) is 15.4. The van der Waals surface area contributed by atoms with Crippen LogP contribution in [-0.4, -0.2) is 19.2 Å². The smallest absolute Gasteiger partial charge is 0.316 e. The summed E-state index contributed by atoms with van der Waals surface area (Å²) in [5.41, 5.74) is 1.06. The molecule has 1 heterocycles. The molecule has 0 radical (unpaired) electrons. The van der Waals surface area contributed by atoms with Crippen LogP contribution in [-0.2, 0) is 21.6 Å². The van der Waals surface area contributed by atoms with Crippen LogP contribution >= 0.6 is 0 Å². The normalized spacial score (nSPS) is 13.5. The maximum absolute atomic E-state index is 12.5. The first-order chi connectivity index (χ1) is 11.1. The fourth-order valence-electron chi connectivity index (χ4n) is 2.45. The molecule has 23 heavy (non-hydrogen) atoms. The summed E-state index contributed by atoms with van der Waals surface area (Å²) >= 11 is 0. The van der Waals surface area contributed by atoms with Gasteiger partial charge in [-0.1, -0.05) is 36.4 Å². The van der Waals surface area contributed by atoms with Gasteiger partial charge in [0.25, 0.3) is 0 Å². The van der Waals surface area contributed by atoms with Crippen LogP contribution in [0.1, 0.15) is 25.0 Å². The Balaban J connectivity index is 1.73. The van der Waals surface area contributed by atoms with Gasteiger partial charge >= 0.3 is 5.97 Å². The zero-order chi connectivity index (χ0) is 16.3. The SMILES string of the molecule is CC(C)(C(=O)OCc1ccccc1)c1ccc2c(c1)OCCO2. The van der Waals surface area contributed by atoms with Crippen LogP contribution in [0.2, 0.25) is 0 Å². The number of hydrogen-bond acceptors (Lipinski definition) is 4. The molecule has 0 N–H and O–H groups in total. The molecular formula is C19H20O4. The molecule has 0 spiro atoms. The lowest BCUT2D eigenvalue weighted by Crippen LogP contribution is -2.31. The topological polar surface area (TPSA) is 44.8 Å². The van der Waals surface area contributed by atoms with Crippen LogP contribution < -0.4 is 9.47 Å². The average molecular weight is 312 g/mol. The van der Waals surface area contributed by atoms with Crippen molar-refractivity contribution in [1.29, 1.82) is 0 Å². The molecule has 0 amide bonds. The van der Waals surface area contributed by atoms with Crippen molar-refractivity contribution < 1.29 is 19.0 Å². The van der Waals surface area contributed by atoms with Crippen molar-refractivity contribution in [3.05, 3.63) is 59.7 Å². The molecule has 1 aliphatic rings. The lowest BCUT2D eigenvalue weighted by molar-refractivity contribution is -0.150. The van der Waals surface area contributed by atoms with Crippen LogP contribution in [0.25, 0.3) is 0 Å². The fraction of sp³-hybridized carbons (Fsp3) is 0.316. The van der Waals surface area contributed by atoms with Crippen molar-refractivity contribution in [2.75, 3.05) is 13.2 Å². The van der Waals surface area contributed by atoms with Gasteiger partial charge in [-0.2, -0.15) is 0 Å². The monoisotopic (exact) mass is 312 g/mol. The van der Waals surface area contributed by atoms with Gasteiger partial charge in [-0.05, 0) is 37.1 Å². The Kier molecular flexibility index (Phi) is 4.24. The quantitative estimate of drug-likeness (QED) is 0.811. The zero-order valence-corrected chi connectivity index (χ0v) is 13.4. The Morgan fingerprint density at radius 2 is 1.74 bits per heavy atom. The van der Waals surface area contributed by atoms with Crippen molar-refractivity contribution in [2.24, 2.45) is 0 Å². The van der Waals surface area contributed by atoms with E-state index in [-0.39, 0.29) is 12.6 Å². The highest BCUT2D eigenvalue weighted by molar-refractivity contribution is 5.82. The van der Waals surface area contributed by atoms with Crippen molar-refractivity contribution >= 4 is 5.97 Å². The molecule has 4 heteroatoms. The molecule has 2 aromatic rings. The summed E-state index contributed by atoms with van der Waals surface area (Å²) in [5.74, 6) is 1.13. The molecule has 0 aromatic heterocycles. The highest BCUT2D eigenvalue weighted by atomic mass is 16.6. The number of benzene rings is 2. The lowest BCUT2D eigenvalue weighted by atomic mass is 9.84. The third kappa shape index (κ3) is 3.31. The molecule has 0 bridgehead atoms. The van der Waals surface area contributed by atoms with Gasteiger partial charge < -0.3 is 14.2 Å². The number of carbonyl (C=O) groups is 1. The van der Waals surface area contributed by atoms with Gasteiger partial charge in [-0.25, -0.2) is 0 Å². The summed E-state index contributed by atoms with van der Waals surface area (Å²) in [6.07, 6.45) is 0. The molecule has 0 saturated carbocycles. The van der Waals surface area contributed by atoms with Crippen LogP contribution in [0.4, 0.5) is 0 Å². The van der Waals surface area contributed by atoms with E-state index in [0.717, 1.165) is 11.1 Å². The van der Waals surface area contributed by atoms with E-state index in [1.807, 2.05) is 62.4 Å². The summed E-state index contributed by atoms with van der Waals surface area (Å²) < 4.78 is 16.6. The molecular weight excluding hydrogens is 292 g/mol. The van der Waals surface area contributed by atoms with Crippen LogP contribution in [0.3, 0.4) is 0 Å². The summed E-state index contributed by atoms with van der Waals surface area (Å²) in [7, 11) is 0. The van der Waals surface area contributed by atoms with Gasteiger partial charge in [0.15, 0.2) is 11.5 Å². The van der Waals surface area contributed by atoms with E-state index >= 15 is 0 Å². The van der Waals surface area contributed by atoms with E-state index in [1.54, 1.807) is 0 Å². The summed E-state index contributed by atoms with van der Waals surface area (Å²) in [5, 5.41) is 0. The van der Waals surface area contributed by atoms with Gasteiger partial charge in [0.1, 0.15) is 19.8 Å². The van der Waals surface area contributed by atoms with Crippen molar-refractivity contribution in [1.82, 2.24) is 0 Å². The lowest BCUT2D eigenvalue weighted by Gasteiger charge is -2.25. The van der Waals surface area contributed by atoms with E-state index in [0.29, 0.717) is 24.7 Å². The largest absolute Gasteiger partial charge is 0.486 e. The summed E-state index contributed by atoms with van der Waals surface area (Å²) in [6.45, 7) is 5.05. The van der Waals surface area contributed by atoms with E-state index < -0.39 is 5.41 Å². The standard InChI is InChI=1S/C19H20O4/c1-19(2,18(20)23-13-14-6-4-3-5-7-14)15-8-9-16-17(12-15)22-11-10-21-16/h3-9,12H,10-11,13H2,1-2H3. The number of carbonyl (C=O) groups excluding carboxylic acids is 1. The van der Waals surface area contributed by atoms with E-state index in [4.69, 9.17) is 14.2 Å². The van der Waals surface area contributed by atoms with Crippen LogP contribution in [0, 0.1) is 0 Å². The van der Waals surface area contributed by atoms with E-state index in [9.17, 15) is 4.79 Å². The molecule has 1 aliphatic heterocycles. The summed E-state index contributed by atoms with van der Waals surface area (Å²) in [6, 6.07) is 15.2. The summed E-state index contributed by atoms with van der Waals surface area (Å²) in [4.78, 5) is 12.5. The third-order valence-corrected chi connectivity index (χ3v) is 3.99. The highest BCUT2D eigenvalue weighted by Gasteiger charge is 2.32.